The first kappa shape index (κ1) is 12.5. The Bertz CT molecular complexity index is 335. The summed E-state index contributed by atoms with van der Waals surface area (Å²) < 4.78 is 5.42. The molecule has 0 aromatic rings. The molecular weight excluding hydrogens is 228 g/mol. The van der Waals surface area contributed by atoms with E-state index in [9.17, 15) is 9.90 Å². The van der Waals surface area contributed by atoms with Crippen molar-refractivity contribution in [2.24, 2.45) is 29.1 Å². The Hall–Kier alpha value is -0.570. The van der Waals surface area contributed by atoms with E-state index >= 15 is 0 Å². The molecule has 2 bridgehead atoms. The van der Waals surface area contributed by atoms with Crippen LogP contribution in [0.1, 0.15) is 45.4 Å². The van der Waals surface area contributed by atoms with Gasteiger partial charge in [-0.25, -0.2) is 0 Å². The number of hydrogen-bond acceptors (Lipinski definition) is 2. The maximum atomic E-state index is 11.7. The number of hydrogen-bond donors (Lipinski definition) is 1. The summed E-state index contributed by atoms with van der Waals surface area (Å²) >= 11 is 0. The molecule has 1 N–H and O–H groups in total. The Morgan fingerprint density at radius 3 is 2.67 bits per heavy atom. The molecule has 3 nitrogen and oxygen atoms in total. The lowest BCUT2D eigenvalue weighted by atomic mass is 9.68. The molecule has 0 amide bonds. The van der Waals surface area contributed by atoms with Crippen molar-refractivity contribution in [2.45, 2.75) is 45.4 Å². The zero-order valence-electron chi connectivity index (χ0n) is 11.2. The van der Waals surface area contributed by atoms with Crippen LogP contribution in [0.5, 0.6) is 0 Å². The van der Waals surface area contributed by atoms with E-state index in [1.165, 1.54) is 25.7 Å². The summed E-state index contributed by atoms with van der Waals surface area (Å²) in [5, 5.41) is 9.67. The molecule has 1 heterocycles. The predicted molar refractivity (Wildman–Crippen MR) is 68.2 cm³/mol. The third-order valence-electron chi connectivity index (χ3n) is 5.89. The average molecular weight is 252 g/mol. The van der Waals surface area contributed by atoms with Gasteiger partial charge in [0.2, 0.25) is 0 Å². The average Bonchev–Trinajstić information content (AvgIpc) is 3.05. The third kappa shape index (κ3) is 1.97. The largest absolute Gasteiger partial charge is 0.481 e. The molecule has 0 spiro atoms. The van der Waals surface area contributed by atoms with E-state index in [2.05, 4.69) is 0 Å². The van der Waals surface area contributed by atoms with Crippen LogP contribution in [0.15, 0.2) is 0 Å². The summed E-state index contributed by atoms with van der Waals surface area (Å²) in [5.74, 6) is 1.98. The van der Waals surface area contributed by atoms with Crippen LogP contribution in [-0.2, 0) is 9.53 Å². The lowest BCUT2D eigenvalue weighted by molar-refractivity contribution is -0.153. The van der Waals surface area contributed by atoms with E-state index in [4.69, 9.17) is 4.74 Å². The van der Waals surface area contributed by atoms with Crippen LogP contribution in [-0.4, -0.2) is 24.3 Å². The van der Waals surface area contributed by atoms with E-state index in [0.29, 0.717) is 12.5 Å². The van der Waals surface area contributed by atoms with Crippen molar-refractivity contribution in [1.29, 1.82) is 0 Å². The van der Waals surface area contributed by atoms with E-state index in [0.717, 1.165) is 31.3 Å². The second-order valence-corrected chi connectivity index (χ2v) is 6.92. The van der Waals surface area contributed by atoms with Gasteiger partial charge in [-0.1, -0.05) is 6.42 Å². The Morgan fingerprint density at radius 2 is 2.17 bits per heavy atom. The summed E-state index contributed by atoms with van der Waals surface area (Å²) in [5.41, 5.74) is -0.564. The second kappa shape index (κ2) is 4.52. The van der Waals surface area contributed by atoms with Gasteiger partial charge in [0, 0.05) is 12.5 Å². The maximum absolute atomic E-state index is 11.7. The third-order valence-corrected chi connectivity index (χ3v) is 5.89. The zero-order valence-corrected chi connectivity index (χ0v) is 11.2. The van der Waals surface area contributed by atoms with E-state index in [1.54, 1.807) is 0 Å². The number of rotatable bonds is 4. The summed E-state index contributed by atoms with van der Waals surface area (Å²) in [6.45, 7) is 3.34. The Kier molecular flexibility index (Phi) is 3.13. The molecule has 0 aromatic carbocycles. The van der Waals surface area contributed by atoms with E-state index < -0.39 is 11.4 Å². The molecule has 2 aliphatic carbocycles. The number of carboxylic acid groups (broad SMARTS) is 1. The number of carbonyl (C=O) groups is 1. The molecular formula is C15H24O3. The van der Waals surface area contributed by atoms with Gasteiger partial charge in [0.1, 0.15) is 0 Å². The van der Waals surface area contributed by atoms with Gasteiger partial charge in [0.05, 0.1) is 12.0 Å². The Balaban J connectivity index is 1.72. The van der Waals surface area contributed by atoms with Crippen molar-refractivity contribution in [3.05, 3.63) is 0 Å². The first-order chi connectivity index (χ1) is 8.59. The van der Waals surface area contributed by atoms with Crippen LogP contribution in [0.3, 0.4) is 0 Å². The van der Waals surface area contributed by atoms with Gasteiger partial charge in [-0.3, -0.25) is 4.79 Å². The standard InChI is InChI=1S/C15H24O3/c1-15(14(16)17,13-4-5-18-9-13)8-12-7-10-2-3-11(12)6-10/h10-13H,2-9H2,1H3,(H,16,17). The summed E-state index contributed by atoms with van der Waals surface area (Å²) in [6.07, 6.45) is 7.16. The number of carboxylic acids is 1. The van der Waals surface area contributed by atoms with Gasteiger partial charge in [-0.2, -0.15) is 0 Å². The fourth-order valence-electron chi connectivity index (χ4n) is 4.64. The molecule has 0 aromatic heterocycles. The van der Waals surface area contributed by atoms with E-state index in [-0.39, 0.29) is 5.92 Å². The van der Waals surface area contributed by atoms with Crippen molar-refractivity contribution >= 4 is 5.97 Å². The highest BCUT2D eigenvalue weighted by Gasteiger charge is 2.49. The Morgan fingerprint density at radius 1 is 1.33 bits per heavy atom. The minimum atomic E-state index is -0.610. The van der Waals surface area contributed by atoms with Gasteiger partial charge >= 0.3 is 5.97 Å². The molecule has 5 atom stereocenters. The monoisotopic (exact) mass is 252 g/mol. The molecule has 3 aliphatic rings. The van der Waals surface area contributed by atoms with Gasteiger partial charge in [0.15, 0.2) is 0 Å². The van der Waals surface area contributed by atoms with Crippen molar-refractivity contribution in [3.8, 4) is 0 Å². The van der Waals surface area contributed by atoms with Gasteiger partial charge in [-0.05, 0) is 56.8 Å². The van der Waals surface area contributed by atoms with Gasteiger partial charge in [-0.15, -0.1) is 0 Å². The predicted octanol–water partition coefficient (Wildman–Crippen LogP) is 2.94. The van der Waals surface area contributed by atoms with E-state index in [1.807, 2.05) is 6.92 Å². The highest BCUT2D eigenvalue weighted by molar-refractivity contribution is 5.74. The summed E-state index contributed by atoms with van der Waals surface area (Å²) in [6, 6.07) is 0. The fourth-order valence-corrected chi connectivity index (χ4v) is 4.64. The second-order valence-electron chi connectivity index (χ2n) is 6.92. The summed E-state index contributed by atoms with van der Waals surface area (Å²) in [4.78, 5) is 11.7. The number of ether oxygens (including phenoxy) is 1. The topological polar surface area (TPSA) is 46.5 Å². The van der Waals surface area contributed by atoms with Crippen molar-refractivity contribution < 1.29 is 14.6 Å². The van der Waals surface area contributed by atoms with Crippen LogP contribution in [0.2, 0.25) is 0 Å². The first-order valence-electron chi connectivity index (χ1n) is 7.40. The number of fused-ring (bicyclic) bond motifs is 2. The molecule has 2 saturated carbocycles. The van der Waals surface area contributed by atoms with Crippen LogP contribution in [0.4, 0.5) is 0 Å². The minimum Gasteiger partial charge on any atom is -0.481 e. The molecule has 1 aliphatic heterocycles. The molecule has 3 rings (SSSR count). The SMILES string of the molecule is CC(CC1CC2CCC1C2)(C(=O)O)C1CCOC1. The van der Waals surface area contributed by atoms with Crippen LogP contribution < -0.4 is 0 Å². The fraction of sp³-hybridized carbons (Fsp3) is 0.933. The number of aliphatic carboxylic acids is 1. The maximum Gasteiger partial charge on any atom is 0.309 e. The lowest BCUT2D eigenvalue weighted by Gasteiger charge is -2.35. The first-order valence-corrected chi connectivity index (χ1v) is 7.40. The van der Waals surface area contributed by atoms with Gasteiger partial charge < -0.3 is 9.84 Å². The lowest BCUT2D eigenvalue weighted by Crippen LogP contribution is -2.39. The van der Waals surface area contributed by atoms with Crippen molar-refractivity contribution in [3.63, 3.8) is 0 Å². The molecule has 1 saturated heterocycles. The molecule has 102 valence electrons. The molecule has 0 radical (unpaired) electrons. The van der Waals surface area contributed by atoms with Crippen molar-refractivity contribution in [2.75, 3.05) is 13.2 Å². The highest BCUT2D eigenvalue weighted by Crippen LogP contribution is 2.53. The van der Waals surface area contributed by atoms with Crippen LogP contribution in [0, 0.1) is 29.1 Å². The zero-order chi connectivity index (χ0) is 12.8. The normalized spacial score (nSPS) is 42.1. The molecule has 3 fully saturated rings. The highest BCUT2D eigenvalue weighted by atomic mass is 16.5. The molecule has 5 unspecified atom stereocenters. The smallest absolute Gasteiger partial charge is 0.309 e. The molecule has 3 heteroatoms. The molecule has 18 heavy (non-hydrogen) atoms. The van der Waals surface area contributed by atoms with Crippen LogP contribution in [0.25, 0.3) is 0 Å². The van der Waals surface area contributed by atoms with Gasteiger partial charge in [0.25, 0.3) is 0 Å². The summed E-state index contributed by atoms with van der Waals surface area (Å²) in [7, 11) is 0. The Labute approximate surface area is 109 Å². The minimum absolute atomic E-state index is 0.217. The quantitative estimate of drug-likeness (QED) is 0.836. The van der Waals surface area contributed by atoms with Crippen molar-refractivity contribution in [1.82, 2.24) is 0 Å². The van der Waals surface area contributed by atoms with Crippen LogP contribution >= 0.6 is 0 Å².